The molecule has 1 N–H and O–H groups in total. The molecule has 0 bridgehead atoms. The Labute approximate surface area is 115 Å². The number of amides is 1. The lowest BCUT2D eigenvalue weighted by atomic mass is 10.2. The summed E-state index contributed by atoms with van der Waals surface area (Å²) in [4.78, 5) is 19.6. The van der Waals surface area contributed by atoms with Gasteiger partial charge in [-0.25, -0.2) is 4.98 Å². The van der Waals surface area contributed by atoms with Crippen LogP contribution in [0.25, 0.3) is 0 Å². The molecule has 1 aliphatic rings. The first-order chi connectivity index (χ1) is 9.83. The van der Waals surface area contributed by atoms with E-state index in [2.05, 4.69) is 15.3 Å². The summed E-state index contributed by atoms with van der Waals surface area (Å²) in [5.74, 6) is 1.19. The Morgan fingerprint density at radius 3 is 2.85 bits per heavy atom. The summed E-state index contributed by atoms with van der Waals surface area (Å²) < 4.78 is 10.9. The highest BCUT2D eigenvalue weighted by Gasteiger charge is 2.12. The fourth-order valence-corrected chi connectivity index (χ4v) is 1.89. The first-order valence-corrected chi connectivity index (χ1v) is 6.26. The summed E-state index contributed by atoms with van der Waals surface area (Å²) in [7, 11) is 0. The van der Waals surface area contributed by atoms with Crippen molar-refractivity contribution in [1.29, 1.82) is 0 Å². The minimum Gasteiger partial charge on any atom is -0.486 e. The molecule has 0 unspecified atom stereocenters. The number of nitrogens with zero attached hydrogens (tertiary/aromatic N) is 2. The second-order valence-electron chi connectivity index (χ2n) is 4.25. The number of rotatable bonds is 3. The van der Waals surface area contributed by atoms with Crippen LogP contribution in [-0.2, 0) is 6.54 Å². The van der Waals surface area contributed by atoms with Crippen molar-refractivity contribution >= 4 is 5.91 Å². The second-order valence-corrected chi connectivity index (χ2v) is 4.25. The predicted octanol–water partition coefficient (Wildman–Crippen LogP) is 1.18. The maximum absolute atomic E-state index is 11.8. The van der Waals surface area contributed by atoms with E-state index in [-0.39, 0.29) is 5.91 Å². The zero-order valence-corrected chi connectivity index (χ0v) is 10.7. The summed E-state index contributed by atoms with van der Waals surface area (Å²) >= 11 is 0. The SMILES string of the molecule is O=C(NCc1ccc2c(c1)OCCO2)c1cnccn1. The number of hydrogen-bond acceptors (Lipinski definition) is 5. The van der Waals surface area contributed by atoms with Gasteiger partial charge in [0, 0.05) is 18.9 Å². The van der Waals surface area contributed by atoms with Gasteiger partial charge < -0.3 is 14.8 Å². The van der Waals surface area contributed by atoms with Gasteiger partial charge in [-0.1, -0.05) is 6.07 Å². The van der Waals surface area contributed by atoms with Crippen LogP contribution in [0.4, 0.5) is 0 Å². The van der Waals surface area contributed by atoms with E-state index >= 15 is 0 Å². The van der Waals surface area contributed by atoms with Crippen LogP contribution >= 0.6 is 0 Å². The fraction of sp³-hybridized carbons (Fsp3) is 0.214. The van der Waals surface area contributed by atoms with Gasteiger partial charge >= 0.3 is 0 Å². The van der Waals surface area contributed by atoms with Gasteiger partial charge in [-0.05, 0) is 17.7 Å². The molecule has 0 spiro atoms. The summed E-state index contributed by atoms with van der Waals surface area (Å²) in [6.45, 7) is 1.50. The van der Waals surface area contributed by atoms with Crippen LogP contribution in [0.2, 0.25) is 0 Å². The molecule has 0 fully saturated rings. The van der Waals surface area contributed by atoms with Crippen molar-refractivity contribution in [2.45, 2.75) is 6.54 Å². The molecule has 0 radical (unpaired) electrons. The molecule has 3 rings (SSSR count). The number of carbonyl (C=O) groups excluding carboxylic acids is 1. The highest BCUT2D eigenvalue weighted by molar-refractivity contribution is 5.91. The molecule has 1 amide bonds. The molecule has 1 aromatic carbocycles. The number of benzene rings is 1. The third-order valence-electron chi connectivity index (χ3n) is 2.86. The lowest BCUT2D eigenvalue weighted by molar-refractivity contribution is 0.0945. The number of hydrogen-bond donors (Lipinski definition) is 1. The molecule has 102 valence electrons. The quantitative estimate of drug-likeness (QED) is 0.907. The lowest BCUT2D eigenvalue weighted by Crippen LogP contribution is -2.24. The average molecular weight is 271 g/mol. The van der Waals surface area contributed by atoms with Gasteiger partial charge in [-0.15, -0.1) is 0 Å². The van der Waals surface area contributed by atoms with E-state index in [1.54, 1.807) is 0 Å². The smallest absolute Gasteiger partial charge is 0.271 e. The van der Waals surface area contributed by atoms with E-state index in [9.17, 15) is 4.79 Å². The molecule has 2 aromatic rings. The van der Waals surface area contributed by atoms with Gasteiger partial charge in [0.25, 0.3) is 5.91 Å². The minimum absolute atomic E-state index is 0.256. The van der Waals surface area contributed by atoms with Gasteiger partial charge in [-0.2, -0.15) is 0 Å². The van der Waals surface area contributed by atoms with Crippen molar-refractivity contribution in [1.82, 2.24) is 15.3 Å². The molecular formula is C14H13N3O3. The molecule has 0 saturated heterocycles. The van der Waals surface area contributed by atoms with Crippen molar-refractivity contribution in [2.75, 3.05) is 13.2 Å². The Hall–Kier alpha value is -2.63. The first-order valence-electron chi connectivity index (χ1n) is 6.26. The summed E-state index contributed by atoms with van der Waals surface area (Å²) in [5, 5.41) is 2.78. The average Bonchev–Trinajstić information content (AvgIpc) is 2.53. The number of carbonyl (C=O) groups is 1. The molecule has 0 atom stereocenters. The van der Waals surface area contributed by atoms with Gasteiger partial charge in [0.1, 0.15) is 18.9 Å². The Morgan fingerprint density at radius 1 is 1.20 bits per heavy atom. The fourth-order valence-electron chi connectivity index (χ4n) is 1.89. The van der Waals surface area contributed by atoms with E-state index in [1.807, 2.05) is 18.2 Å². The second kappa shape index (κ2) is 5.56. The van der Waals surface area contributed by atoms with Crippen molar-refractivity contribution in [3.8, 4) is 11.5 Å². The summed E-state index contributed by atoms with van der Waals surface area (Å²) in [5.41, 5.74) is 1.23. The molecule has 1 aliphatic heterocycles. The van der Waals surface area contributed by atoms with Gasteiger partial charge in [-0.3, -0.25) is 9.78 Å². The number of fused-ring (bicyclic) bond motifs is 1. The van der Waals surface area contributed by atoms with Gasteiger partial charge in [0.15, 0.2) is 11.5 Å². The largest absolute Gasteiger partial charge is 0.486 e. The van der Waals surface area contributed by atoms with Crippen molar-refractivity contribution < 1.29 is 14.3 Å². The van der Waals surface area contributed by atoms with Crippen molar-refractivity contribution in [2.24, 2.45) is 0 Å². The summed E-state index contributed by atoms with van der Waals surface area (Å²) in [6, 6.07) is 5.61. The first kappa shape index (κ1) is 12.4. The number of nitrogens with one attached hydrogen (secondary N) is 1. The van der Waals surface area contributed by atoms with E-state index in [1.165, 1.54) is 18.6 Å². The van der Waals surface area contributed by atoms with Gasteiger partial charge in [0.05, 0.1) is 6.20 Å². The topological polar surface area (TPSA) is 73.3 Å². The molecule has 0 saturated carbocycles. The molecule has 6 nitrogen and oxygen atoms in total. The Kier molecular flexibility index (Phi) is 3.45. The van der Waals surface area contributed by atoms with Crippen molar-refractivity contribution in [3.63, 3.8) is 0 Å². The number of ether oxygens (including phenoxy) is 2. The van der Waals surface area contributed by atoms with Crippen LogP contribution in [0.5, 0.6) is 11.5 Å². The van der Waals surface area contributed by atoms with Crippen LogP contribution in [0, 0.1) is 0 Å². The number of aromatic nitrogens is 2. The van der Waals surface area contributed by atoms with Crippen LogP contribution in [0.1, 0.15) is 16.1 Å². The molecule has 20 heavy (non-hydrogen) atoms. The van der Waals surface area contributed by atoms with Crippen molar-refractivity contribution in [3.05, 3.63) is 48.0 Å². The van der Waals surface area contributed by atoms with Crippen LogP contribution in [0.3, 0.4) is 0 Å². The van der Waals surface area contributed by atoms with E-state index in [0.29, 0.717) is 31.2 Å². The van der Waals surface area contributed by atoms with E-state index in [4.69, 9.17) is 9.47 Å². The molecular weight excluding hydrogens is 258 g/mol. The standard InChI is InChI=1S/C14H13N3O3/c18-14(11-9-15-3-4-16-11)17-8-10-1-2-12-13(7-10)20-6-5-19-12/h1-4,7,9H,5-6,8H2,(H,17,18). The maximum Gasteiger partial charge on any atom is 0.271 e. The summed E-state index contributed by atoms with van der Waals surface area (Å²) in [6.07, 6.45) is 4.44. The molecule has 1 aromatic heterocycles. The Balaban J connectivity index is 1.65. The van der Waals surface area contributed by atoms with Crippen LogP contribution < -0.4 is 14.8 Å². The normalized spacial score (nSPS) is 12.8. The monoisotopic (exact) mass is 271 g/mol. The highest BCUT2D eigenvalue weighted by Crippen LogP contribution is 2.30. The Bertz CT molecular complexity index is 616. The van der Waals surface area contributed by atoms with Gasteiger partial charge in [0.2, 0.25) is 0 Å². The molecule has 2 heterocycles. The third-order valence-corrected chi connectivity index (χ3v) is 2.86. The minimum atomic E-state index is -0.256. The third kappa shape index (κ3) is 2.69. The zero-order chi connectivity index (χ0) is 13.8. The van der Waals surface area contributed by atoms with Crippen LogP contribution in [-0.4, -0.2) is 29.1 Å². The highest BCUT2D eigenvalue weighted by atomic mass is 16.6. The molecule has 0 aliphatic carbocycles. The van der Waals surface area contributed by atoms with E-state index < -0.39 is 0 Å². The van der Waals surface area contributed by atoms with Crippen LogP contribution in [0.15, 0.2) is 36.8 Å². The lowest BCUT2D eigenvalue weighted by Gasteiger charge is -2.18. The zero-order valence-electron chi connectivity index (χ0n) is 10.7. The van der Waals surface area contributed by atoms with E-state index in [0.717, 1.165) is 11.3 Å². The maximum atomic E-state index is 11.8. The predicted molar refractivity (Wildman–Crippen MR) is 70.6 cm³/mol. The Morgan fingerprint density at radius 2 is 2.05 bits per heavy atom. The molecule has 6 heteroatoms.